The molecule has 1 amide bonds. The highest BCUT2D eigenvalue weighted by molar-refractivity contribution is 6.19. The number of methoxy groups -OCH3 is 2. The van der Waals surface area contributed by atoms with Crippen LogP contribution in [0.1, 0.15) is 26.3 Å². The molecule has 0 saturated heterocycles. The van der Waals surface area contributed by atoms with E-state index in [2.05, 4.69) is 11.9 Å². The molecule has 0 heterocycles. The molecule has 0 spiro atoms. The summed E-state index contributed by atoms with van der Waals surface area (Å²) in [4.78, 5) is 37.4. The summed E-state index contributed by atoms with van der Waals surface area (Å²) in [7, 11) is 2.91. The van der Waals surface area contributed by atoms with Gasteiger partial charge in [0.1, 0.15) is 11.5 Å². The van der Waals surface area contributed by atoms with Gasteiger partial charge in [0.05, 0.1) is 27.4 Å². The first-order valence-corrected chi connectivity index (χ1v) is 8.32. The molecule has 1 aromatic carbocycles. The lowest BCUT2D eigenvalue weighted by atomic mass is 9.85. The molecule has 0 saturated carbocycles. The van der Waals surface area contributed by atoms with E-state index in [9.17, 15) is 14.4 Å². The number of hydrogen-bond donors (Lipinski definition) is 1. The van der Waals surface area contributed by atoms with Gasteiger partial charge in [0.15, 0.2) is 0 Å². The number of benzene rings is 1. The molecular formula is C19H25NO7. The molecule has 1 aromatic rings. The molecular weight excluding hydrogens is 354 g/mol. The predicted octanol–water partition coefficient (Wildman–Crippen LogP) is 1.72. The van der Waals surface area contributed by atoms with Gasteiger partial charge in [0.25, 0.3) is 5.54 Å². The van der Waals surface area contributed by atoms with E-state index in [4.69, 9.17) is 18.9 Å². The van der Waals surface area contributed by atoms with Crippen LogP contribution in [-0.2, 0) is 23.9 Å². The number of nitrogens with one attached hydrogen (secondary N) is 1. The molecule has 0 bridgehead atoms. The van der Waals surface area contributed by atoms with Gasteiger partial charge in [0.2, 0.25) is 5.91 Å². The van der Waals surface area contributed by atoms with Gasteiger partial charge in [-0.15, -0.1) is 0 Å². The zero-order valence-corrected chi connectivity index (χ0v) is 16.2. The summed E-state index contributed by atoms with van der Waals surface area (Å²) in [5.74, 6) is -1.80. The summed E-state index contributed by atoms with van der Waals surface area (Å²) in [5.41, 5.74) is -1.94. The Hall–Kier alpha value is -3.03. The number of ether oxygens (including phenoxy) is 4. The Morgan fingerprint density at radius 3 is 1.74 bits per heavy atom. The van der Waals surface area contributed by atoms with Crippen molar-refractivity contribution in [3.8, 4) is 11.5 Å². The SMILES string of the molecule is C=C(c1cc(OC)cc(OC)c1)C(NC(C)=O)(C(=O)OCC)C(=O)OCC. The second-order valence-electron chi connectivity index (χ2n) is 5.45. The van der Waals surface area contributed by atoms with Crippen LogP contribution in [0.25, 0.3) is 5.57 Å². The first-order valence-electron chi connectivity index (χ1n) is 8.32. The minimum atomic E-state index is -2.24. The van der Waals surface area contributed by atoms with Crippen LogP contribution in [0.5, 0.6) is 11.5 Å². The van der Waals surface area contributed by atoms with Crippen molar-refractivity contribution < 1.29 is 33.3 Å². The average molecular weight is 379 g/mol. The quantitative estimate of drug-likeness (QED) is 0.515. The normalized spacial score (nSPS) is 10.6. The third-order valence-electron chi connectivity index (χ3n) is 3.68. The van der Waals surface area contributed by atoms with Crippen molar-refractivity contribution in [3.63, 3.8) is 0 Å². The van der Waals surface area contributed by atoms with Crippen LogP contribution in [0.4, 0.5) is 0 Å². The number of rotatable bonds is 9. The van der Waals surface area contributed by atoms with Crippen LogP contribution in [0.3, 0.4) is 0 Å². The Kier molecular flexibility index (Phi) is 7.83. The summed E-state index contributed by atoms with van der Waals surface area (Å²) in [5, 5.41) is 2.37. The fourth-order valence-electron chi connectivity index (χ4n) is 2.45. The number of amides is 1. The highest BCUT2D eigenvalue weighted by atomic mass is 16.6. The minimum absolute atomic E-state index is 0.00567. The van der Waals surface area contributed by atoms with Gasteiger partial charge in [-0.05, 0) is 31.5 Å². The van der Waals surface area contributed by atoms with Crippen LogP contribution < -0.4 is 14.8 Å². The molecule has 8 heteroatoms. The van der Waals surface area contributed by atoms with Gasteiger partial charge >= 0.3 is 11.9 Å². The number of esters is 2. The molecule has 148 valence electrons. The van der Waals surface area contributed by atoms with Crippen LogP contribution in [-0.4, -0.2) is 50.8 Å². The lowest BCUT2D eigenvalue weighted by molar-refractivity contribution is -0.163. The Balaban J connectivity index is 3.65. The van der Waals surface area contributed by atoms with E-state index in [1.54, 1.807) is 32.0 Å². The van der Waals surface area contributed by atoms with Crippen LogP contribution in [0.15, 0.2) is 24.8 Å². The monoisotopic (exact) mass is 379 g/mol. The van der Waals surface area contributed by atoms with Crippen LogP contribution in [0.2, 0.25) is 0 Å². The molecule has 0 aromatic heterocycles. The lowest BCUT2D eigenvalue weighted by Crippen LogP contribution is -2.61. The van der Waals surface area contributed by atoms with Crippen molar-refractivity contribution in [2.24, 2.45) is 0 Å². The largest absolute Gasteiger partial charge is 0.497 e. The van der Waals surface area contributed by atoms with Gasteiger partial charge in [0, 0.05) is 18.6 Å². The summed E-state index contributed by atoms with van der Waals surface area (Å²) in [6.07, 6.45) is 0. The molecule has 1 rings (SSSR count). The third-order valence-corrected chi connectivity index (χ3v) is 3.68. The number of carbonyl (C=O) groups excluding carboxylic acids is 3. The van der Waals surface area contributed by atoms with Crippen molar-refractivity contribution in [1.29, 1.82) is 0 Å². The molecule has 0 atom stereocenters. The van der Waals surface area contributed by atoms with Crippen molar-refractivity contribution in [3.05, 3.63) is 30.3 Å². The Morgan fingerprint density at radius 1 is 0.963 bits per heavy atom. The molecule has 0 unspecified atom stereocenters. The summed E-state index contributed by atoms with van der Waals surface area (Å²) in [6, 6.07) is 4.73. The van der Waals surface area contributed by atoms with E-state index in [-0.39, 0.29) is 18.8 Å². The second kappa shape index (κ2) is 9.61. The summed E-state index contributed by atoms with van der Waals surface area (Å²) < 4.78 is 20.5. The zero-order valence-electron chi connectivity index (χ0n) is 16.2. The molecule has 0 fully saturated rings. The first kappa shape index (κ1) is 22.0. The molecule has 0 aliphatic heterocycles. The fraction of sp³-hybridized carbons (Fsp3) is 0.421. The van der Waals surface area contributed by atoms with Crippen molar-refractivity contribution in [2.45, 2.75) is 26.3 Å². The molecule has 8 nitrogen and oxygen atoms in total. The summed E-state index contributed by atoms with van der Waals surface area (Å²) in [6.45, 7) is 8.21. The van der Waals surface area contributed by atoms with Crippen LogP contribution >= 0.6 is 0 Å². The standard InChI is InChI=1S/C19H25NO7/c1-7-26-17(22)19(20-13(4)21,18(23)27-8-2)12(3)14-9-15(24-5)11-16(10-14)25-6/h9-11H,3,7-8H2,1-2,4-6H3,(H,20,21). The van der Waals surface area contributed by atoms with E-state index in [0.717, 1.165) is 0 Å². The van der Waals surface area contributed by atoms with Gasteiger partial charge in [-0.3, -0.25) is 4.79 Å². The van der Waals surface area contributed by atoms with Gasteiger partial charge < -0.3 is 24.3 Å². The van der Waals surface area contributed by atoms with E-state index >= 15 is 0 Å². The van der Waals surface area contributed by atoms with Crippen molar-refractivity contribution >= 4 is 23.4 Å². The second-order valence-corrected chi connectivity index (χ2v) is 5.45. The fourth-order valence-corrected chi connectivity index (χ4v) is 2.45. The topological polar surface area (TPSA) is 100 Å². The molecule has 0 radical (unpaired) electrons. The third kappa shape index (κ3) is 4.78. The number of hydrogen-bond acceptors (Lipinski definition) is 7. The maximum atomic E-state index is 12.8. The smallest absolute Gasteiger partial charge is 0.348 e. The highest BCUT2D eigenvalue weighted by Crippen LogP contribution is 2.34. The van der Waals surface area contributed by atoms with E-state index in [0.29, 0.717) is 17.1 Å². The molecule has 0 aliphatic rings. The molecule has 1 N–H and O–H groups in total. The Morgan fingerprint density at radius 2 is 1.41 bits per heavy atom. The van der Waals surface area contributed by atoms with Gasteiger partial charge in [-0.2, -0.15) is 0 Å². The lowest BCUT2D eigenvalue weighted by Gasteiger charge is -2.31. The van der Waals surface area contributed by atoms with Gasteiger partial charge in [-0.25, -0.2) is 9.59 Å². The Bertz CT molecular complexity index is 687. The summed E-state index contributed by atoms with van der Waals surface area (Å²) >= 11 is 0. The molecule has 0 aliphatic carbocycles. The number of carbonyl (C=O) groups is 3. The zero-order chi connectivity index (χ0) is 20.6. The van der Waals surface area contributed by atoms with Crippen molar-refractivity contribution in [2.75, 3.05) is 27.4 Å². The van der Waals surface area contributed by atoms with Crippen LogP contribution in [0, 0.1) is 0 Å². The minimum Gasteiger partial charge on any atom is -0.497 e. The maximum absolute atomic E-state index is 12.8. The van der Waals surface area contributed by atoms with Gasteiger partial charge in [-0.1, -0.05) is 6.58 Å². The van der Waals surface area contributed by atoms with E-state index in [1.807, 2.05) is 0 Å². The average Bonchev–Trinajstić information content (AvgIpc) is 2.65. The maximum Gasteiger partial charge on any atom is 0.348 e. The Labute approximate surface area is 158 Å². The highest BCUT2D eigenvalue weighted by Gasteiger charge is 2.53. The van der Waals surface area contributed by atoms with Crippen molar-refractivity contribution in [1.82, 2.24) is 5.32 Å². The van der Waals surface area contributed by atoms with E-state index < -0.39 is 23.4 Å². The van der Waals surface area contributed by atoms with E-state index in [1.165, 1.54) is 21.1 Å². The molecule has 27 heavy (non-hydrogen) atoms. The predicted molar refractivity (Wildman–Crippen MR) is 98.4 cm³/mol. The first-order chi connectivity index (χ1) is 12.8.